The predicted octanol–water partition coefficient (Wildman–Crippen LogP) is 3.10. The molecule has 0 aliphatic rings. The number of fused-ring (bicyclic) bond motifs is 1. The van der Waals surface area contributed by atoms with Crippen LogP contribution in [0.25, 0.3) is 16.4 Å². The van der Waals surface area contributed by atoms with Crippen molar-refractivity contribution in [3.63, 3.8) is 0 Å². The summed E-state index contributed by atoms with van der Waals surface area (Å²) in [5.41, 5.74) is 1.49. The molecule has 0 aliphatic heterocycles. The number of rotatable bonds is 4. The fourth-order valence-electron chi connectivity index (χ4n) is 2.06. The number of nitrogens with zero attached hydrogens (tertiary/aromatic N) is 4. The van der Waals surface area contributed by atoms with E-state index in [-0.39, 0.29) is 5.56 Å². The van der Waals surface area contributed by atoms with Crippen molar-refractivity contribution in [3.8, 4) is 11.5 Å². The van der Waals surface area contributed by atoms with Crippen LogP contribution < -0.4 is 5.56 Å². The van der Waals surface area contributed by atoms with Gasteiger partial charge in [0.15, 0.2) is 4.96 Å². The number of thiazole rings is 1. The van der Waals surface area contributed by atoms with Crippen LogP contribution >= 0.6 is 23.1 Å². The highest BCUT2D eigenvalue weighted by atomic mass is 32.2. The Morgan fingerprint density at radius 1 is 1.22 bits per heavy atom. The Morgan fingerprint density at radius 2 is 2.09 bits per heavy atom. The quantitative estimate of drug-likeness (QED) is 0.531. The van der Waals surface area contributed by atoms with Gasteiger partial charge in [0, 0.05) is 29.0 Å². The van der Waals surface area contributed by atoms with Gasteiger partial charge in [-0.25, -0.2) is 4.98 Å². The van der Waals surface area contributed by atoms with Gasteiger partial charge in [0.2, 0.25) is 5.89 Å². The molecule has 0 saturated heterocycles. The Bertz CT molecular complexity index is 1010. The largest absolute Gasteiger partial charge is 0.411 e. The maximum Gasteiger partial charge on any atom is 0.277 e. The molecular weight excluding hydrogens is 332 g/mol. The van der Waals surface area contributed by atoms with E-state index in [0.717, 1.165) is 5.56 Å². The molecule has 0 saturated carbocycles. The summed E-state index contributed by atoms with van der Waals surface area (Å²) in [6, 6.07) is 11.1. The smallest absolute Gasteiger partial charge is 0.277 e. The van der Waals surface area contributed by atoms with Crippen LogP contribution in [0.3, 0.4) is 0 Å². The molecule has 23 heavy (non-hydrogen) atoms. The second-order valence-corrected chi connectivity index (χ2v) is 6.47. The zero-order chi connectivity index (χ0) is 15.6. The molecule has 0 aliphatic carbocycles. The van der Waals surface area contributed by atoms with Gasteiger partial charge in [0.05, 0.1) is 5.69 Å². The van der Waals surface area contributed by atoms with E-state index in [1.54, 1.807) is 6.20 Å². The summed E-state index contributed by atoms with van der Waals surface area (Å²) in [5, 5.41) is 10.4. The second kappa shape index (κ2) is 5.98. The lowest BCUT2D eigenvalue weighted by Crippen LogP contribution is -2.12. The van der Waals surface area contributed by atoms with Crippen molar-refractivity contribution in [2.45, 2.75) is 11.0 Å². The third-order valence-corrected chi connectivity index (χ3v) is 4.74. The number of hydrogen-bond acceptors (Lipinski definition) is 7. The van der Waals surface area contributed by atoms with Crippen molar-refractivity contribution >= 4 is 28.1 Å². The minimum atomic E-state index is -0.0812. The molecule has 3 heterocycles. The van der Waals surface area contributed by atoms with Gasteiger partial charge >= 0.3 is 0 Å². The van der Waals surface area contributed by atoms with Crippen molar-refractivity contribution in [2.24, 2.45) is 0 Å². The Morgan fingerprint density at radius 3 is 2.96 bits per heavy atom. The molecule has 0 bridgehead atoms. The highest BCUT2D eigenvalue weighted by molar-refractivity contribution is 7.98. The zero-order valence-corrected chi connectivity index (χ0v) is 13.4. The Hall–Kier alpha value is -2.45. The minimum Gasteiger partial charge on any atom is -0.411 e. The summed E-state index contributed by atoms with van der Waals surface area (Å²) >= 11 is 2.79. The van der Waals surface area contributed by atoms with Crippen LogP contribution in [-0.2, 0) is 5.75 Å². The Labute approximate surface area is 138 Å². The minimum absolute atomic E-state index is 0.0812. The first-order valence-corrected chi connectivity index (χ1v) is 8.64. The highest BCUT2D eigenvalue weighted by Crippen LogP contribution is 2.25. The van der Waals surface area contributed by atoms with E-state index in [4.69, 9.17) is 4.42 Å². The van der Waals surface area contributed by atoms with Gasteiger partial charge in [-0.15, -0.1) is 21.5 Å². The van der Waals surface area contributed by atoms with Gasteiger partial charge in [-0.3, -0.25) is 9.20 Å². The van der Waals surface area contributed by atoms with Crippen LogP contribution in [0.5, 0.6) is 0 Å². The average Bonchev–Trinajstić information content (AvgIpc) is 3.23. The van der Waals surface area contributed by atoms with Crippen molar-refractivity contribution in [2.75, 3.05) is 0 Å². The van der Waals surface area contributed by atoms with Crippen LogP contribution in [0.2, 0.25) is 0 Å². The van der Waals surface area contributed by atoms with E-state index in [2.05, 4.69) is 15.2 Å². The van der Waals surface area contributed by atoms with E-state index in [0.29, 0.717) is 27.5 Å². The number of thioether (sulfide) groups is 1. The standard InChI is InChI=1S/C15H10N4O2S2/c20-12-8-11(16-14-19(12)6-7-22-14)9-23-15-18-17-13(21-15)10-4-2-1-3-5-10/h1-8H,9H2. The molecule has 114 valence electrons. The summed E-state index contributed by atoms with van der Waals surface area (Å²) < 4.78 is 7.15. The maximum absolute atomic E-state index is 11.9. The summed E-state index contributed by atoms with van der Waals surface area (Å²) in [6.07, 6.45) is 1.72. The molecule has 6 nitrogen and oxygen atoms in total. The van der Waals surface area contributed by atoms with Crippen LogP contribution in [0.1, 0.15) is 5.69 Å². The molecule has 8 heteroatoms. The molecule has 0 amide bonds. The molecule has 4 rings (SSSR count). The molecule has 0 radical (unpaired) electrons. The van der Waals surface area contributed by atoms with Crippen LogP contribution in [0, 0.1) is 0 Å². The molecule has 1 aromatic carbocycles. The summed E-state index contributed by atoms with van der Waals surface area (Å²) in [5.74, 6) is 0.981. The van der Waals surface area contributed by atoms with Gasteiger partial charge in [-0.2, -0.15) is 0 Å². The van der Waals surface area contributed by atoms with E-state index in [1.807, 2.05) is 35.7 Å². The SMILES string of the molecule is O=c1cc(CSc2nnc(-c3ccccc3)o2)nc2sccn12. The molecule has 0 spiro atoms. The Kier molecular flexibility index (Phi) is 3.68. The van der Waals surface area contributed by atoms with Crippen LogP contribution in [0.15, 0.2) is 62.4 Å². The fraction of sp³-hybridized carbons (Fsp3) is 0.0667. The fourth-order valence-corrected chi connectivity index (χ4v) is 3.46. The first-order chi connectivity index (χ1) is 11.3. The Balaban J connectivity index is 1.52. The molecule has 0 N–H and O–H groups in total. The molecular formula is C15H10N4O2S2. The van der Waals surface area contributed by atoms with Crippen molar-refractivity contribution in [3.05, 3.63) is 64.0 Å². The lowest BCUT2D eigenvalue weighted by molar-refractivity contribution is 0.466. The first-order valence-electron chi connectivity index (χ1n) is 6.77. The van der Waals surface area contributed by atoms with Gasteiger partial charge < -0.3 is 4.42 Å². The van der Waals surface area contributed by atoms with Crippen LogP contribution in [0.4, 0.5) is 0 Å². The summed E-state index contributed by atoms with van der Waals surface area (Å²) in [7, 11) is 0. The summed E-state index contributed by atoms with van der Waals surface area (Å²) in [6.45, 7) is 0. The first kappa shape index (κ1) is 14.2. The molecule has 0 atom stereocenters. The molecule has 4 aromatic rings. The predicted molar refractivity (Wildman–Crippen MR) is 88.6 cm³/mol. The van der Waals surface area contributed by atoms with E-state index in [9.17, 15) is 4.79 Å². The van der Waals surface area contributed by atoms with E-state index < -0.39 is 0 Å². The average molecular weight is 342 g/mol. The van der Waals surface area contributed by atoms with Gasteiger partial charge in [-0.05, 0) is 12.1 Å². The van der Waals surface area contributed by atoms with Crippen molar-refractivity contribution < 1.29 is 4.42 Å². The normalized spacial score (nSPS) is 11.1. The maximum atomic E-state index is 11.9. The van der Waals surface area contributed by atoms with E-state index in [1.165, 1.54) is 33.6 Å². The lowest BCUT2D eigenvalue weighted by Gasteiger charge is -1.98. The molecule has 0 fully saturated rings. The monoisotopic (exact) mass is 342 g/mol. The second-order valence-electron chi connectivity index (χ2n) is 4.67. The van der Waals surface area contributed by atoms with E-state index >= 15 is 0 Å². The molecule has 3 aromatic heterocycles. The van der Waals surface area contributed by atoms with Gasteiger partial charge in [0.25, 0.3) is 10.8 Å². The van der Waals surface area contributed by atoms with Crippen LogP contribution in [-0.4, -0.2) is 19.6 Å². The number of benzene rings is 1. The third-order valence-electron chi connectivity index (χ3n) is 3.13. The third kappa shape index (κ3) is 2.90. The number of aromatic nitrogens is 4. The van der Waals surface area contributed by atoms with Gasteiger partial charge in [-0.1, -0.05) is 30.0 Å². The highest BCUT2D eigenvalue weighted by Gasteiger charge is 2.10. The molecule has 0 unspecified atom stereocenters. The van der Waals surface area contributed by atoms with Crippen molar-refractivity contribution in [1.82, 2.24) is 19.6 Å². The lowest BCUT2D eigenvalue weighted by atomic mass is 10.2. The van der Waals surface area contributed by atoms with Gasteiger partial charge in [0.1, 0.15) is 0 Å². The topological polar surface area (TPSA) is 73.3 Å². The number of hydrogen-bond donors (Lipinski definition) is 0. The summed E-state index contributed by atoms with van der Waals surface area (Å²) in [4.78, 5) is 17.1. The van der Waals surface area contributed by atoms with Crippen molar-refractivity contribution in [1.29, 1.82) is 0 Å². The zero-order valence-electron chi connectivity index (χ0n) is 11.7.